The molecule has 21 heavy (non-hydrogen) atoms. The van der Waals surface area contributed by atoms with Crippen LogP contribution >= 0.6 is 11.6 Å². The molecule has 0 radical (unpaired) electrons. The third-order valence-corrected chi connectivity index (χ3v) is 3.67. The number of aliphatic hydroxyl groups is 1. The molecule has 0 aliphatic heterocycles. The van der Waals surface area contributed by atoms with Gasteiger partial charge in [0.1, 0.15) is 5.82 Å². The van der Waals surface area contributed by atoms with Crippen molar-refractivity contribution in [2.24, 2.45) is 5.92 Å². The van der Waals surface area contributed by atoms with Gasteiger partial charge in [0, 0.05) is 23.2 Å². The van der Waals surface area contributed by atoms with Crippen LogP contribution in [-0.4, -0.2) is 23.8 Å². The molecular weight excluding hydrogens is 295 g/mol. The topological polar surface area (TPSA) is 61.4 Å². The Labute approximate surface area is 129 Å². The summed E-state index contributed by atoms with van der Waals surface area (Å²) in [6.07, 6.45) is 0.472. The van der Waals surface area contributed by atoms with Crippen molar-refractivity contribution in [2.75, 3.05) is 6.61 Å². The Hall–Kier alpha value is -1.33. The largest absolute Gasteiger partial charge is 0.396 e. The van der Waals surface area contributed by atoms with Crippen LogP contribution in [0.25, 0.3) is 0 Å². The van der Waals surface area contributed by atoms with Gasteiger partial charge in [-0.05, 0) is 31.4 Å². The quantitative estimate of drug-likeness (QED) is 0.754. The lowest BCUT2D eigenvalue weighted by Crippen LogP contribution is -2.45. The van der Waals surface area contributed by atoms with E-state index >= 15 is 0 Å². The van der Waals surface area contributed by atoms with Crippen LogP contribution in [0, 0.1) is 11.7 Å². The predicted octanol–water partition coefficient (Wildman–Crippen LogP) is 3.25. The molecule has 0 heterocycles. The number of hydrogen-bond donors (Lipinski definition) is 3. The van der Waals surface area contributed by atoms with Gasteiger partial charge in [0.25, 0.3) is 0 Å². The van der Waals surface area contributed by atoms with E-state index in [0.29, 0.717) is 6.42 Å². The van der Waals surface area contributed by atoms with Gasteiger partial charge in [-0.15, -0.1) is 0 Å². The van der Waals surface area contributed by atoms with E-state index in [9.17, 15) is 9.18 Å². The number of carbonyl (C=O) groups is 1. The predicted molar refractivity (Wildman–Crippen MR) is 81.8 cm³/mol. The van der Waals surface area contributed by atoms with Crippen LogP contribution in [-0.2, 0) is 0 Å². The first-order chi connectivity index (χ1) is 9.86. The lowest BCUT2D eigenvalue weighted by molar-refractivity contribution is 0.216. The highest BCUT2D eigenvalue weighted by atomic mass is 35.5. The SMILES string of the molecule is CC(NC(=O)NC(CCO)C(C)C)c1c(F)cccc1Cl. The number of urea groups is 1. The standard InChI is InChI=1S/C15H22ClFN2O2/c1-9(2)13(7-8-20)19-15(21)18-10(3)14-11(16)5-4-6-12(14)17/h4-6,9-10,13,20H,7-8H2,1-3H3,(H2,18,19,21). The molecule has 0 bridgehead atoms. The summed E-state index contributed by atoms with van der Waals surface area (Å²) in [7, 11) is 0. The summed E-state index contributed by atoms with van der Waals surface area (Å²) in [5.41, 5.74) is 0.262. The van der Waals surface area contributed by atoms with Gasteiger partial charge in [0.05, 0.1) is 6.04 Å². The maximum absolute atomic E-state index is 13.8. The van der Waals surface area contributed by atoms with Crippen molar-refractivity contribution in [2.45, 2.75) is 39.3 Å². The van der Waals surface area contributed by atoms with Crippen molar-refractivity contribution in [1.82, 2.24) is 10.6 Å². The van der Waals surface area contributed by atoms with Gasteiger partial charge in [-0.1, -0.05) is 31.5 Å². The van der Waals surface area contributed by atoms with Gasteiger partial charge in [-0.2, -0.15) is 0 Å². The zero-order valence-electron chi connectivity index (χ0n) is 12.5. The molecule has 1 aromatic carbocycles. The zero-order chi connectivity index (χ0) is 16.0. The number of carbonyl (C=O) groups excluding carboxylic acids is 1. The van der Waals surface area contributed by atoms with E-state index in [1.165, 1.54) is 12.1 Å². The summed E-state index contributed by atoms with van der Waals surface area (Å²) < 4.78 is 13.8. The van der Waals surface area contributed by atoms with Crippen molar-refractivity contribution in [3.8, 4) is 0 Å². The fraction of sp³-hybridized carbons (Fsp3) is 0.533. The fourth-order valence-electron chi connectivity index (χ4n) is 2.11. The smallest absolute Gasteiger partial charge is 0.315 e. The van der Waals surface area contributed by atoms with E-state index in [4.69, 9.17) is 16.7 Å². The van der Waals surface area contributed by atoms with E-state index in [2.05, 4.69) is 10.6 Å². The Morgan fingerprint density at radius 1 is 1.33 bits per heavy atom. The Kier molecular flexibility index (Phi) is 6.92. The van der Waals surface area contributed by atoms with Crippen molar-refractivity contribution >= 4 is 17.6 Å². The highest BCUT2D eigenvalue weighted by Gasteiger charge is 2.20. The minimum Gasteiger partial charge on any atom is -0.396 e. The monoisotopic (exact) mass is 316 g/mol. The van der Waals surface area contributed by atoms with Gasteiger partial charge in [0.2, 0.25) is 0 Å². The van der Waals surface area contributed by atoms with E-state index in [1.54, 1.807) is 13.0 Å². The first-order valence-electron chi connectivity index (χ1n) is 6.98. The average molecular weight is 317 g/mol. The molecule has 0 spiro atoms. The summed E-state index contributed by atoms with van der Waals surface area (Å²) >= 11 is 5.97. The summed E-state index contributed by atoms with van der Waals surface area (Å²) in [6, 6.07) is 3.30. The van der Waals surface area contributed by atoms with Crippen molar-refractivity contribution < 1.29 is 14.3 Å². The summed E-state index contributed by atoms with van der Waals surface area (Å²) in [5.74, 6) is -0.263. The molecule has 1 rings (SSSR count). The Morgan fingerprint density at radius 3 is 2.52 bits per heavy atom. The molecule has 2 atom stereocenters. The number of hydrogen-bond acceptors (Lipinski definition) is 2. The molecular formula is C15H22ClFN2O2. The molecule has 3 N–H and O–H groups in total. The Balaban J connectivity index is 2.70. The van der Waals surface area contributed by atoms with E-state index in [-0.39, 0.29) is 29.2 Å². The van der Waals surface area contributed by atoms with Crippen LogP contribution in [0.4, 0.5) is 9.18 Å². The normalized spacial score (nSPS) is 13.9. The van der Waals surface area contributed by atoms with Crippen LogP contribution < -0.4 is 10.6 Å². The molecule has 6 heteroatoms. The molecule has 0 saturated heterocycles. The third-order valence-electron chi connectivity index (χ3n) is 3.34. The van der Waals surface area contributed by atoms with Crippen LogP contribution in [0.3, 0.4) is 0 Å². The fourth-order valence-corrected chi connectivity index (χ4v) is 2.44. The number of nitrogens with one attached hydrogen (secondary N) is 2. The Bertz CT molecular complexity index is 462. The molecule has 4 nitrogen and oxygen atoms in total. The van der Waals surface area contributed by atoms with Crippen molar-refractivity contribution in [3.05, 3.63) is 34.6 Å². The van der Waals surface area contributed by atoms with Crippen LogP contribution in [0.15, 0.2) is 18.2 Å². The molecule has 1 aromatic rings. The Morgan fingerprint density at radius 2 is 2.00 bits per heavy atom. The number of aliphatic hydroxyl groups excluding tert-OH is 1. The third kappa shape index (κ3) is 5.17. The molecule has 2 amide bonds. The van der Waals surface area contributed by atoms with E-state index in [0.717, 1.165) is 0 Å². The highest BCUT2D eigenvalue weighted by Crippen LogP contribution is 2.25. The van der Waals surface area contributed by atoms with Crippen LogP contribution in [0.2, 0.25) is 5.02 Å². The maximum Gasteiger partial charge on any atom is 0.315 e. The second-order valence-corrected chi connectivity index (χ2v) is 5.74. The second kappa shape index (κ2) is 8.20. The summed E-state index contributed by atoms with van der Waals surface area (Å²) in [5, 5.41) is 14.7. The zero-order valence-corrected chi connectivity index (χ0v) is 13.2. The molecule has 0 fully saturated rings. The summed E-state index contributed by atoms with van der Waals surface area (Å²) in [4.78, 5) is 12.0. The summed E-state index contributed by atoms with van der Waals surface area (Å²) in [6.45, 7) is 5.58. The second-order valence-electron chi connectivity index (χ2n) is 5.34. The van der Waals surface area contributed by atoms with Gasteiger partial charge < -0.3 is 15.7 Å². The lowest BCUT2D eigenvalue weighted by Gasteiger charge is -2.23. The minimum absolute atomic E-state index is 0.00216. The maximum atomic E-state index is 13.8. The highest BCUT2D eigenvalue weighted by molar-refractivity contribution is 6.31. The number of amides is 2. The average Bonchev–Trinajstić information content (AvgIpc) is 2.37. The molecule has 0 aliphatic carbocycles. The lowest BCUT2D eigenvalue weighted by atomic mass is 10.0. The molecule has 118 valence electrons. The number of halogens is 2. The van der Waals surface area contributed by atoms with Crippen LogP contribution in [0.5, 0.6) is 0 Å². The van der Waals surface area contributed by atoms with Gasteiger partial charge in [-0.3, -0.25) is 0 Å². The van der Waals surface area contributed by atoms with Crippen molar-refractivity contribution in [1.29, 1.82) is 0 Å². The van der Waals surface area contributed by atoms with Gasteiger partial charge >= 0.3 is 6.03 Å². The number of rotatable bonds is 6. The first kappa shape index (κ1) is 17.7. The van der Waals surface area contributed by atoms with Gasteiger partial charge in [-0.25, -0.2) is 9.18 Å². The molecule has 0 aliphatic rings. The van der Waals surface area contributed by atoms with Gasteiger partial charge in [0.15, 0.2) is 0 Å². The molecule has 0 saturated carbocycles. The van der Waals surface area contributed by atoms with E-state index in [1.807, 2.05) is 13.8 Å². The molecule has 2 unspecified atom stereocenters. The molecule has 0 aromatic heterocycles. The van der Waals surface area contributed by atoms with Crippen LogP contribution in [0.1, 0.15) is 38.8 Å². The first-order valence-corrected chi connectivity index (χ1v) is 7.36. The van der Waals surface area contributed by atoms with E-state index < -0.39 is 17.9 Å². The number of benzene rings is 1. The minimum atomic E-state index is -0.555. The van der Waals surface area contributed by atoms with Crippen molar-refractivity contribution in [3.63, 3.8) is 0 Å².